The van der Waals surface area contributed by atoms with Gasteiger partial charge >= 0.3 is 0 Å². The van der Waals surface area contributed by atoms with Crippen LogP contribution >= 0.6 is 0 Å². The lowest BCUT2D eigenvalue weighted by atomic mass is 9.90. The van der Waals surface area contributed by atoms with E-state index in [1.165, 1.54) is 57.8 Å². The van der Waals surface area contributed by atoms with Crippen molar-refractivity contribution in [3.8, 4) is 0 Å². The molecule has 2 rings (SSSR count). The fraction of sp³-hybridized carbons (Fsp3) is 1.00. The first-order chi connectivity index (χ1) is 10.0. The van der Waals surface area contributed by atoms with Crippen molar-refractivity contribution in [1.82, 2.24) is 0 Å². The summed E-state index contributed by atoms with van der Waals surface area (Å²) in [4.78, 5) is 0. The second-order valence-electron chi connectivity index (χ2n) is 8.28. The van der Waals surface area contributed by atoms with E-state index >= 15 is 0 Å². The molecular formula is C19H38OSi. The van der Waals surface area contributed by atoms with Crippen molar-refractivity contribution in [1.29, 1.82) is 0 Å². The Morgan fingerprint density at radius 1 is 0.857 bits per heavy atom. The molecule has 1 atom stereocenters. The average Bonchev–Trinajstić information content (AvgIpc) is 2.51. The van der Waals surface area contributed by atoms with Crippen LogP contribution in [0.1, 0.15) is 85.5 Å². The molecule has 0 saturated heterocycles. The minimum Gasteiger partial charge on any atom is -0.419 e. The third kappa shape index (κ3) is 3.58. The third-order valence-electron chi connectivity index (χ3n) is 7.04. The first-order valence-corrected chi connectivity index (χ1v) is 11.7. The first-order valence-electron chi connectivity index (χ1n) is 9.59. The van der Waals surface area contributed by atoms with E-state index in [1.807, 2.05) is 0 Å². The molecule has 124 valence electrons. The van der Waals surface area contributed by atoms with Crippen molar-refractivity contribution in [2.45, 2.75) is 102 Å². The molecule has 0 aromatic heterocycles. The summed E-state index contributed by atoms with van der Waals surface area (Å²) in [6.07, 6.45) is 12.9. The van der Waals surface area contributed by atoms with E-state index in [-0.39, 0.29) is 0 Å². The summed E-state index contributed by atoms with van der Waals surface area (Å²) >= 11 is 0. The topological polar surface area (TPSA) is 9.23 Å². The molecule has 1 nitrogen and oxygen atoms in total. The van der Waals surface area contributed by atoms with Crippen LogP contribution in [0.25, 0.3) is 0 Å². The van der Waals surface area contributed by atoms with Gasteiger partial charge in [-0.1, -0.05) is 85.5 Å². The van der Waals surface area contributed by atoms with Gasteiger partial charge in [-0.05, 0) is 28.5 Å². The van der Waals surface area contributed by atoms with Gasteiger partial charge in [0.05, 0.1) is 0 Å². The Kier molecular flexibility index (Phi) is 6.37. The van der Waals surface area contributed by atoms with E-state index in [9.17, 15) is 0 Å². The van der Waals surface area contributed by atoms with Crippen LogP contribution in [0.4, 0.5) is 0 Å². The third-order valence-corrected chi connectivity index (χ3v) is 13.4. The molecule has 0 aliphatic heterocycles. The zero-order valence-electron chi connectivity index (χ0n) is 15.2. The van der Waals surface area contributed by atoms with Crippen molar-refractivity contribution in [2.75, 3.05) is 7.11 Å². The Labute approximate surface area is 134 Å². The monoisotopic (exact) mass is 310 g/mol. The Morgan fingerprint density at radius 3 is 1.52 bits per heavy atom. The van der Waals surface area contributed by atoms with E-state index in [1.54, 1.807) is 0 Å². The van der Waals surface area contributed by atoms with Crippen molar-refractivity contribution in [3.05, 3.63) is 0 Å². The van der Waals surface area contributed by atoms with Gasteiger partial charge < -0.3 is 4.43 Å². The van der Waals surface area contributed by atoms with Gasteiger partial charge in [-0.2, -0.15) is 0 Å². The summed E-state index contributed by atoms with van der Waals surface area (Å²) in [6, 6.07) is 0. The quantitative estimate of drug-likeness (QED) is 0.524. The van der Waals surface area contributed by atoms with E-state index in [0.29, 0.717) is 0 Å². The lowest BCUT2D eigenvalue weighted by Gasteiger charge is -2.50. The lowest BCUT2D eigenvalue weighted by Crippen LogP contribution is -2.52. The Balaban J connectivity index is 2.20. The van der Waals surface area contributed by atoms with E-state index in [4.69, 9.17) is 4.43 Å². The molecule has 2 heteroatoms. The van der Waals surface area contributed by atoms with Crippen LogP contribution < -0.4 is 0 Å². The Bertz CT molecular complexity index is 279. The highest BCUT2D eigenvalue weighted by Crippen LogP contribution is 2.55. The molecule has 0 aromatic rings. The molecule has 0 spiro atoms. The number of hydrogen-bond donors (Lipinski definition) is 0. The predicted molar refractivity (Wildman–Crippen MR) is 95.2 cm³/mol. The highest BCUT2D eigenvalue weighted by Gasteiger charge is 2.52. The maximum Gasteiger partial charge on any atom is 0.201 e. The zero-order valence-corrected chi connectivity index (χ0v) is 16.2. The maximum atomic E-state index is 6.58. The molecule has 0 N–H and O–H groups in total. The molecule has 0 amide bonds. The van der Waals surface area contributed by atoms with Gasteiger partial charge in [-0.3, -0.25) is 0 Å². The summed E-state index contributed by atoms with van der Waals surface area (Å²) in [5.41, 5.74) is 2.71. The first kappa shape index (κ1) is 17.5. The van der Waals surface area contributed by atoms with Crippen LogP contribution in [0.15, 0.2) is 0 Å². The minimum absolute atomic E-state index is 0.833. The normalized spacial score (nSPS) is 38.7. The molecule has 0 aromatic carbocycles. The van der Waals surface area contributed by atoms with Crippen molar-refractivity contribution >= 4 is 8.32 Å². The molecule has 2 aliphatic carbocycles. The maximum absolute atomic E-state index is 6.58. The van der Waals surface area contributed by atoms with Crippen LogP contribution in [0.3, 0.4) is 0 Å². The van der Waals surface area contributed by atoms with Crippen molar-refractivity contribution in [3.63, 3.8) is 0 Å². The molecule has 2 aliphatic rings. The molecule has 0 heterocycles. The fourth-order valence-corrected chi connectivity index (χ4v) is 11.9. The molecule has 2 fully saturated rings. The van der Waals surface area contributed by atoms with E-state index in [0.717, 1.165) is 28.5 Å². The van der Waals surface area contributed by atoms with Crippen LogP contribution in [0.5, 0.6) is 0 Å². The minimum atomic E-state index is -1.63. The molecule has 0 bridgehead atoms. The molecule has 1 unspecified atom stereocenters. The second kappa shape index (κ2) is 7.63. The van der Waals surface area contributed by atoms with E-state index in [2.05, 4.69) is 34.8 Å². The fourth-order valence-electron chi connectivity index (χ4n) is 5.41. The summed E-state index contributed by atoms with van der Waals surface area (Å²) < 4.78 is 6.58. The Morgan fingerprint density at radius 2 is 1.24 bits per heavy atom. The van der Waals surface area contributed by atoms with Gasteiger partial charge in [0.15, 0.2) is 0 Å². The summed E-state index contributed by atoms with van der Waals surface area (Å²) in [5.74, 6) is 1.90. The average molecular weight is 311 g/mol. The largest absolute Gasteiger partial charge is 0.419 e. The predicted octanol–water partition coefficient (Wildman–Crippen LogP) is 6.54. The van der Waals surface area contributed by atoms with Crippen LogP contribution in [-0.2, 0) is 4.43 Å². The number of hydrogen-bond acceptors (Lipinski definition) is 1. The van der Waals surface area contributed by atoms with Gasteiger partial charge in [0.2, 0.25) is 8.32 Å². The summed E-state index contributed by atoms with van der Waals surface area (Å²) in [6.45, 7) is 9.80. The highest BCUT2D eigenvalue weighted by molar-refractivity contribution is 6.78. The Hall–Kier alpha value is 0.177. The second-order valence-corrected chi connectivity index (χ2v) is 13.0. The zero-order chi connectivity index (χ0) is 15.5. The SMILES string of the molecule is CCC(C)[Si](OC)(C1CCC(C)CC1)C1CCC(C)CC1. The number of rotatable bonds is 5. The molecular weight excluding hydrogens is 272 g/mol. The van der Waals surface area contributed by atoms with Gasteiger partial charge in [-0.25, -0.2) is 0 Å². The lowest BCUT2D eigenvalue weighted by molar-refractivity contribution is 0.275. The van der Waals surface area contributed by atoms with Crippen molar-refractivity contribution < 1.29 is 4.43 Å². The summed E-state index contributed by atoms with van der Waals surface area (Å²) in [7, 11) is 0.447. The van der Waals surface area contributed by atoms with Gasteiger partial charge in [-0.15, -0.1) is 0 Å². The van der Waals surface area contributed by atoms with Crippen molar-refractivity contribution in [2.24, 2.45) is 11.8 Å². The van der Waals surface area contributed by atoms with Gasteiger partial charge in [0, 0.05) is 7.11 Å². The smallest absolute Gasteiger partial charge is 0.201 e. The van der Waals surface area contributed by atoms with Gasteiger partial charge in [0.25, 0.3) is 0 Å². The molecule has 0 radical (unpaired) electrons. The van der Waals surface area contributed by atoms with E-state index < -0.39 is 8.32 Å². The highest BCUT2D eigenvalue weighted by atomic mass is 28.4. The van der Waals surface area contributed by atoms with Gasteiger partial charge in [0.1, 0.15) is 0 Å². The van der Waals surface area contributed by atoms with Crippen LogP contribution in [0.2, 0.25) is 16.6 Å². The standard InChI is InChI=1S/C19H38OSi/c1-6-17(4)21(20-5,18-11-7-15(2)8-12-18)19-13-9-16(3)10-14-19/h15-19H,6-14H2,1-5H3. The van der Waals surface area contributed by atoms with Crippen LogP contribution in [0, 0.1) is 11.8 Å². The summed E-state index contributed by atoms with van der Waals surface area (Å²) in [5, 5.41) is 0. The van der Waals surface area contributed by atoms with Crippen LogP contribution in [-0.4, -0.2) is 15.4 Å². The molecule has 21 heavy (non-hydrogen) atoms. The molecule has 2 saturated carbocycles.